The van der Waals surface area contributed by atoms with E-state index in [0.717, 1.165) is 50.0 Å². The maximum Gasteiger partial charge on any atom is 0.287 e. The molecule has 0 bridgehead atoms. The van der Waals surface area contributed by atoms with Gasteiger partial charge >= 0.3 is 0 Å². The molecule has 1 rings (SSSR count). The molecule has 0 aromatic heterocycles. The zero-order chi connectivity index (χ0) is 18.7. The number of nitrogens with one attached hydrogen (secondary N) is 1. The Morgan fingerprint density at radius 1 is 1.00 bits per heavy atom. The van der Waals surface area contributed by atoms with Gasteiger partial charge in [0.15, 0.2) is 0 Å². The van der Waals surface area contributed by atoms with Crippen molar-refractivity contribution < 1.29 is 13.2 Å². The van der Waals surface area contributed by atoms with E-state index in [9.17, 15) is 13.2 Å². The van der Waals surface area contributed by atoms with Gasteiger partial charge in [-0.25, -0.2) is 0 Å². The Balaban J connectivity index is 2.92. The number of unbranched alkanes of at least 4 members (excludes halogenated alkanes) is 4. The summed E-state index contributed by atoms with van der Waals surface area (Å²) in [7, 11) is -4.10. The third-order valence-electron chi connectivity index (χ3n) is 3.64. The second-order valence-electron chi connectivity index (χ2n) is 6.04. The first-order chi connectivity index (χ1) is 11.9. The van der Waals surface area contributed by atoms with Gasteiger partial charge in [0.05, 0.1) is 4.90 Å². The van der Waals surface area contributed by atoms with Crippen LogP contribution in [0.25, 0.3) is 0 Å². The van der Waals surface area contributed by atoms with Crippen LogP contribution in [0.3, 0.4) is 0 Å². The summed E-state index contributed by atoms with van der Waals surface area (Å²) in [5.41, 5.74) is 0.580. The largest absolute Gasteiger partial charge is 0.326 e. The molecule has 0 fully saturated rings. The average molecular weight is 387 g/mol. The highest BCUT2D eigenvalue weighted by atomic mass is 32.3. The van der Waals surface area contributed by atoms with Crippen LogP contribution in [-0.2, 0) is 25.5 Å². The zero-order valence-electron chi connectivity index (χ0n) is 15.5. The molecule has 142 valence electrons. The van der Waals surface area contributed by atoms with Gasteiger partial charge in [-0.2, -0.15) is 8.42 Å². The van der Waals surface area contributed by atoms with Crippen LogP contribution >= 0.6 is 0 Å². The van der Waals surface area contributed by atoms with Crippen molar-refractivity contribution in [2.45, 2.75) is 64.2 Å². The molecule has 0 saturated carbocycles. The first-order valence-electron chi connectivity index (χ1n) is 8.92. The molecule has 1 aromatic rings. The highest BCUT2D eigenvalue weighted by Crippen LogP contribution is 2.18. The summed E-state index contributed by atoms with van der Waals surface area (Å²) >= 11 is 0. The molecule has 0 spiro atoms. The molecule has 0 aliphatic carbocycles. The van der Waals surface area contributed by atoms with Crippen molar-refractivity contribution in [2.24, 2.45) is 3.77 Å². The van der Waals surface area contributed by atoms with Crippen LogP contribution in [0.4, 0.5) is 5.69 Å². The lowest BCUT2D eigenvalue weighted by molar-refractivity contribution is -0.114. The van der Waals surface area contributed by atoms with Gasteiger partial charge in [0, 0.05) is 24.1 Å². The highest BCUT2D eigenvalue weighted by molar-refractivity contribution is 8.00. The predicted molar refractivity (Wildman–Crippen MR) is 107 cm³/mol. The Morgan fingerprint density at radius 3 is 1.96 bits per heavy atom. The van der Waals surface area contributed by atoms with Gasteiger partial charge in [-0.3, -0.25) is 4.79 Å². The quantitative estimate of drug-likeness (QED) is 0.568. The Bertz CT molecular complexity index is 656. The Labute approximate surface area is 154 Å². The molecule has 5 nitrogen and oxygen atoms in total. The molecule has 25 heavy (non-hydrogen) atoms. The minimum atomic E-state index is -3.65. The number of hydrogen-bond acceptors (Lipinski definition) is 3. The number of nitrogens with zero attached hydrogens (tertiary/aromatic N) is 1. The monoisotopic (exact) mass is 386 g/mol. The first-order valence-corrected chi connectivity index (χ1v) is 11.9. The fourth-order valence-corrected chi connectivity index (χ4v) is 6.12. The van der Waals surface area contributed by atoms with Crippen LogP contribution in [0.1, 0.15) is 59.3 Å². The maximum atomic E-state index is 12.6. The SMILES string of the molecule is CCCCCS(CCCCC)=NS(=O)(=O)c1ccc(NC(C)=O)cc1. The molecule has 1 N–H and O–H groups in total. The first kappa shape index (κ1) is 21.8. The Hall–Kier alpha value is -1.21. The topological polar surface area (TPSA) is 75.6 Å². The minimum absolute atomic E-state index is 0.185. The van der Waals surface area contributed by atoms with Crippen LogP contribution in [0.15, 0.2) is 32.9 Å². The molecule has 0 radical (unpaired) electrons. The van der Waals surface area contributed by atoms with Gasteiger partial charge in [0.1, 0.15) is 0 Å². The lowest BCUT2D eigenvalue weighted by Gasteiger charge is -2.09. The molecule has 1 aromatic carbocycles. The lowest BCUT2D eigenvalue weighted by atomic mass is 10.3. The number of carbonyl (C=O) groups excluding carboxylic acids is 1. The van der Waals surface area contributed by atoms with Crippen LogP contribution in [0, 0.1) is 0 Å². The number of anilines is 1. The van der Waals surface area contributed by atoms with E-state index in [1.165, 1.54) is 19.1 Å². The second-order valence-corrected chi connectivity index (χ2v) is 9.80. The molecule has 0 atom stereocenters. The molecule has 0 saturated heterocycles. The number of benzene rings is 1. The van der Waals surface area contributed by atoms with Crippen LogP contribution < -0.4 is 5.32 Å². The van der Waals surface area contributed by atoms with Crippen molar-refractivity contribution in [2.75, 3.05) is 16.8 Å². The van der Waals surface area contributed by atoms with E-state index in [1.54, 1.807) is 12.1 Å². The molecule has 7 heteroatoms. The smallest absolute Gasteiger partial charge is 0.287 e. The predicted octanol–water partition coefficient (Wildman–Crippen LogP) is 4.52. The van der Waals surface area contributed by atoms with Crippen molar-refractivity contribution in [1.82, 2.24) is 0 Å². The summed E-state index contributed by atoms with van der Waals surface area (Å²) in [4.78, 5) is 11.2. The molecule has 0 aliphatic rings. The van der Waals surface area contributed by atoms with E-state index in [-0.39, 0.29) is 10.8 Å². The van der Waals surface area contributed by atoms with E-state index < -0.39 is 20.7 Å². The number of amides is 1. The standard InChI is InChI=1S/C18H30N2O3S2/c1-4-6-8-14-24(15-9-7-5-2)20-25(22,23)18-12-10-17(11-13-18)19-16(3)21/h10-13H,4-9,14-15H2,1-3H3,(H,19,21). The van der Waals surface area contributed by atoms with Gasteiger partial charge < -0.3 is 5.32 Å². The zero-order valence-corrected chi connectivity index (χ0v) is 17.1. The number of rotatable bonds is 11. The number of carbonyl (C=O) groups is 1. The fraction of sp³-hybridized carbons (Fsp3) is 0.611. The average Bonchev–Trinajstić information content (AvgIpc) is 2.55. The summed E-state index contributed by atoms with van der Waals surface area (Å²) in [5.74, 6) is 1.51. The van der Waals surface area contributed by atoms with Gasteiger partial charge in [0.2, 0.25) is 5.91 Å². The molecular formula is C18H30N2O3S2. The molecule has 0 unspecified atom stereocenters. The maximum absolute atomic E-state index is 12.6. The molecular weight excluding hydrogens is 356 g/mol. The van der Waals surface area contributed by atoms with E-state index in [1.807, 2.05) is 0 Å². The summed E-state index contributed by atoms with van der Waals surface area (Å²) in [6, 6.07) is 6.19. The molecule has 0 aliphatic heterocycles. The lowest BCUT2D eigenvalue weighted by Crippen LogP contribution is -2.08. The fourth-order valence-electron chi connectivity index (χ4n) is 2.31. The van der Waals surface area contributed by atoms with Crippen LogP contribution in [-0.4, -0.2) is 25.8 Å². The van der Waals surface area contributed by atoms with Crippen molar-refractivity contribution in [3.63, 3.8) is 0 Å². The Kier molecular flexibility index (Phi) is 9.97. The van der Waals surface area contributed by atoms with Gasteiger partial charge in [-0.15, -0.1) is 3.77 Å². The van der Waals surface area contributed by atoms with Gasteiger partial charge in [-0.05, 0) is 37.1 Å². The van der Waals surface area contributed by atoms with Crippen molar-refractivity contribution >= 4 is 32.3 Å². The van der Waals surface area contributed by atoms with E-state index in [2.05, 4.69) is 22.9 Å². The molecule has 0 heterocycles. The van der Waals surface area contributed by atoms with Gasteiger partial charge in [-0.1, -0.05) is 50.2 Å². The van der Waals surface area contributed by atoms with Crippen LogP contribution in [0.2, 0.25) is 0 Å². The number of sulfonamides is 1. The van der Waals surface area contributed by atoms with Crippen molar-refractivity contribution in [1.29, 1.82) is 0 Å². The summed E-state index contributed by atoms with van der Waals surface area (Å²) < 4.78 is 29.4. The summed E-state index contributed by atoms with van der Waals surface area (Å²) in [5, 5.41) is 2.63. The molecule has 1 amide bonds. The van der Waals surface area contributed by atoms with E-state index in [4.69, 9.17) is 0 Å². The second kappa shape index (κ2) is 11.4. The minimum Gasteiger partial charge on any atom is -0.326 e. The van der Waals surface area contributed by atoms with E-state index in [0.29, 0.717) is 5.69 Å². The third-order valence-corrected chi connectivity index (χ3v) is 7.66. The highest BCUT2D eigenvalue weighted by Gasteiger charge is 2.14. The van der Waals surface area contributed by atoms with E-state index >= 15 is 0 Å². The number of hydrogen-bond donors (Lipinski definition) is 1. The summed E-state index contributed by atoms with van der Waals surface area (Å²) in [6.07, 6.45) is 6.49. The summed E-state index contributed by atoms with van der Waals surface area (Å²) in [6.45, 7) is 5.69. The third kappa shape index (κ3) is 8.63. The van der Waals surface area contributed by atoms with Crippen molar-refractivity contribution in [3.8, 4) is 0 Å². The van der Waals surface area contributed by atoms with Crippen LogP contribution in [0.5, 0.6) is 0 Å². The van der Waals surface area contributed by atoms with Gasteiger partial charge in [0.25, 0.3) is 10.0 Å². The Morgan fingerprint density at radius 2 is 1.52 bits per heavy atom. The van der Waals surface area contributed by atoms with Crippen molar-refractivity contribution in [3.05, 3.63) is 24.3 Å². The normalized spacial score (nSPS) is 11.5.